The largest absolute Gasteiger partial charge is 0.305 e. The van der Waals surface area contributed by atoms with Gasteiger partial charge in [-0.3, -0.25) is 0 Å². The molecule has 0 aliphatic heterocycles. The zero-order valence-electron chi connectivity index (χ0n) is 26.0. The molecule has 0 aliphatic rings. The van der Waals surface area contributed by atoms with Crippen molar-refractivity contribution < 1.29 is 22.8 Å². The SMILES string of the molecule is [2H]C([2H])(c1ccccc1)c1cc(-c2[c-]cccc2)ncc1[Si](C)(C)C.[Ir].[c-]1ccccc1-c1cc(-c2ccccc2)ccn1. The standard InChI is InChI=1S/C21H22NSi.C17H12N.Ir/c1-23(2,3)21-16-22-20(18-12-8-5-9-13-18)15-19(21)14-17-10-6-4-7-11-17;1-3-7-14(8-4-1)16-11-12-18-17(13-16)15-9-5-2-6-10-15;/h4-12,15-16H,14H2,1-3H3;1-9,11-13H;/q2*-1;/i14D2;;. The molecule has 4 aromatic carbocycles. The van der Waals surface area contributed by atoms with Crippen LogP contribution in [0.4, 0.5) is 0 Å². The Morgan fingerprint density at radius 1 is 0.643 bits per heavy atom. The summed E-state index contributed by atoms with van der Waals surface area (Å²) in [4.78, 5) is 9.02. The average Bonchev–Trinajstić information content (AvgIpc) is 3.06. The number of hydrogen-bond acceptors (Lipinski definition) is 2. The Hall–Kier alpha value is -3.95. The van der Waals surface area contributed by atoms with Crippen LogP contribution in [-0.4, -0.2) is 18.0 Å². The fraction of sp³-hybridized carbons (Fsp3) is 0.105. The van der Waals surface area contributed by atoms with E-state index in [2.05, 4.69) is 59.9 Å². The maximum Gasteiger partial charge on any atom is 0.0799 e. The minimum Gasteiger partial charge on any atom is -0.305 e. The van der Waals surface area contributed by atoms with Crippen LogP contribution in [0.25, 0.3) is 33.6 Å². The van der Waals surface area contributed by atoms with Crippen LogP contribution >= 0.6 is 0 Å². The minimum atomic E-state index is -1.76. The molecule has 0 fully saturated rings. The van der Waals surface area contributed by atoms with E-state index in [9.17, 15) is 0 Å². The van der Waals surface area contributed by atoms with E-state index in [4.69, 9.17) is 2.74 Å². The number of nitrogens with zero attached hydrogens (tertiary/aromatic N) is 2. The van der Waals surface area contributed by atoms with Crippen molar-refractivity contribution in [2.45, 2.75) is 26.0 Å². The molecule has 1 radical (unpaired) electrons. The molecule has 0 bridgehead atoms. The van der Waals surface area contributed by atoms with Gasteiger partial charge in [0, 0.05) is 35.2 Å². The topological polar surface area (TPSA) is 25.8 Å². The summed E-state index contributed by atoms with van der Waals surface area (Å²) in [6, 6.07) is 47.7. The van der Waals surface area contributed by atoms with Gasteiger partial charge in [-0.15, -0.1) is 71.8 Å². The van der Waals surface area contributed by atoms with E-state index in [-0.39, 0.29) is 20.1 Å². The smallest absolute Gasteiger partial charge is 0.0799 e. The quantitative estimate of drug-likeness (QED) is 0.126. The molecule has 0 aliphatic carbocycles. The molecule has 0 unspecified atom stereocenters. The van der Waals surface area contributed by atoms with Gasteiger partial charge in [-0.2, -0.15) is 0 Å². The molecule has 0 amide bonds. The maximum absolute atomic E-state index is 8.84. The summed E-state index contributed by atoms with van der Waals surface area (Å²) in [5.41, 5.74) is 7.40. The van der Waals surface area contributed by atoms with Gasteiger partial charge < -0.3 is 9.97 Å². The molecule has 211 valence electrons. The van der Waals surface area contributed by atoms with Gasteiger partial charge >= 0.3 is 0 Å². The van der Waals surface area contributed by atoms with Crippen molar-refractivity contribution in [3.05, 3.63) is 163 Å². The van der Waals surface area contributed by atoms with E-state index >= 15 is 0 Å². The summed E-state index contributed by atoms with van der Waals surface area (Å²) in [6.45, 7) is 6.68. The fourth-order valence-electron chi connectivity index (χ4n) is 4.47. The molecule has 0 N–H and O–H groups in total. The van der Waals surface area contributed by atoms with Crippen molar-refractivity contribution >= 4 is 13.3 Å². The van der Waals surface area contributed by atoms with E-state index in [0.717, 1.165) is 33.3 Å². The van der Waals surface area contributed by atoms with Gasteiger partial charge in [-0.25, -0.2) is 0 Å². The van der Waals surface area contributed by atoms with Crippen LogP contribution in [0.2, 0.25) is 19.6 Å². The molecule has 2 nitrogen and oxygen atoms in total. The van der Waals surface area contributed by atoms with Crippen molar-refractivity contribution in [3.63, 3.8) is 0 Å². The third-order valence-corrected chi connectivity index (χ3v) is 8.62. The molecule has 0 spiro atoms. The van der Waals surface area contributed by atoms with Crippen LogP contribution in [0.3, 0.4) is 0 Å². The van der Waals surface area contributed by atoms with Crippen molar-refractivity contribution in [1.29, 1.82) is 0 Å². The first-order valence-electron chi connectivity index (χ1n) is 14.8. The van der Waals surface area contributed by atoms with Crippen LogP contribution in [0.5, 0.6) is 0 Å². The van der Waals surface area contributed by atoms with Gasteiger partial charge in [-0.1, -0.05) is 98.0 Å². The van der Waals surface area contributed by atoms with Crippen molar-refractivity contribution in [2.24, 2.45) is 0 Å². The van der Waals surface area contributed by atoms with Crippen molar-refractivity contribution in [1.82, 2.24) is 9.97 Å². The predicted octanol–water partition coefficient (Wildman–Crippen LogP) is 8.90. The van der Waals surface area contributed by atoms with Crippen LogP contribution < -0.4 is 5.19 Å². The summed E-state index contributed by atoms with van der Waals surface area (Å²) in [5, 5.41) is 1.06. The normalized spacial score (nSPS) is 11.7. The van der Waals surface area contributed by atoms with Gasteiger partial charge in [0.15, 0.2) is 0 Å². The molecule has 0 saturated carbocycles. The second-order valence-electron chi connectivity index (χ2n) is 10.7. The molecule has 4 heteroatoms. The van der Waals surface area contributed by atoms with Gasteiger partial charge in [0.05, 0.1) is 8.07 Å². The summed E-state index contributed by atoms with van der Waals surface area (Å²) in [7, 11) is -1.76. The summed E-state index contributed by atoms with van der Waals surface area (Å²) in [6.07, 6.45) is 2.15. The summed E-state index contributed by atoms with van der Waals surface area (Å²) >= 11 is 0. The fourth-order valence-corrected chi connectivity index (χ4v) is 5.87. The number of benzene rings is 4. The minimum absolute atomic E-state index is 0. The molecule has 42 heavy (non-hydrogen) atoms. The number of pyridine rings is 2. The third kappa shape index (κ3) is 8.30. The molecule has 6 rings (SSSR count). The Kier molecular flexibility index (Phi) is 9.92. The molecule has 2 heterocycles. The van der Waals surface area contributed by atoms with E-state index in [1.807, 2.05) is 122 Å². The first-order valence-corrected chi connectivity index (χ1v) is 17.3. The monoisotopic (exact) mass is 741 g/mol. The molecule has 6 aromatic rings. The molecular formula is C38H34IrN2Si-2. The van der Waals surface area contributed by atoms with E-state index in [1.165, 1.54) is 11.1 Å². The molecular weight excluding hydrogens is 705 g/mol. The molecule has 2 aromatic heterocycles. The van der Waals surface area contributed by atoms with Gasteiger partial charge in [-0.05, 0) is 45.7 Å². The maximum atomic E-state index is 8.84. The van der Waals surface area contributed by atoms with E-state index in [0.29, 0.717) is 5.56 Å². The predicted molar refractivity (Wildman–Crippen MR) is 175 cm³/mol. The Bertz CT molecular complexity index is 1710. The number of hydrogen-bond donors (Lipinski definition) is 0. The Morgan fingerprint density at radius 3 is 1.79 bits per heavy atom. The third-order valence-electron chi connectivity index (χ3n) is 6.60. The van der Waals surface area contributed by atoms with Crippen LogP contribution in [0, 0.1) is 12.1 Å². The summed E-state index contributed by atoms with van der Waals surface area (Å²) in [5.74, 6) is 0. The Balaban J connectivity index is 0.000000206. The zero-order valence-corrected chi connectivity index (χ0v) is 27.4. The number of rotatable bonds is 6. The summed E-state index contributed by atoms with van der Waals surface area (Å²) < 4.78 is 17.7. The van der Waals surface area contributed by atoms with Gasteiger partial charge in [0.2, 0.25) is 0 Å². The number of aromatic nitrogens is 2. The first kappa shape index (κ1) is 28.2. The van der Waals surface area contributed by atoms with Gasteiger partial charge in [0.25, 0.3) is 0 Å². The first-order chi connectivity index (χ1) is 20.7. The van der Waals surface area contributed by atoms with Crippen LogP contribution in [0.15, 0.2) is 140 Å². The average molecular weight is 741 g/mol. The van der Waals surface area contributed by atoms with E-state index in [1.54, 1.807) is 0 Å². The molecule has 0 saturated heterocycles. The Labute approximate surface area is 267 Å². The van der Waals surface area contributed by atoms with Crippen molar-refractivity contribution in [2.75, 3.05) is 0 Å². The Morgan fingerprint density at radius 2 is 1.21 bits per heavy atom. The van der Waals surface area contributed by atoms with E-state index < -0.39 is 14.4 Å². The van der Waals surface area contributed by atoms with Crippen LogP contribution in [-0.2, 0) is 26.5 Å². The van der Waals surface area contributed by atoms with Crippen LogP contribution in [0.1, 0.15) is 13.9 Å². The zero-order chi connectivity index (χ0) is 30.3. The van der Waals surface area contributed by atoms with Crippen molar-refractivity contribution in [3.8, 4) is 33.6 Å². The van der Waals surface area contributed by atoms with Gasteiger partial charge in [0.1, 0.15) is 0 Å². The second-order valence-corrected chi connectivity index (χ2v) is 15.7. The molecule has 0 atom stereocenters. The second kappa shape index (κ2) is 14.8.